The van der Waals surface area contributed by atoms with Gasteiger partial charge >= 0.3 is 6.18 Å². The minimum Gasteiger partial charge on any atom is -0.266 e. The molecule has 1 fully saturated rings. The molecule has 0 aliphatic carbocycles. The van der Waals surface area contributed by atoms with E-state index in [2.05, 4.69) is 5.10 Å². The molecule has 8 heteroatoms. The van der Waals surface area contributed by atoms with E-state index in [0.717, 1.165) is 6.07 Å². The lowest BCUT2D eigenvalue weighted by Gasteiger charge is -2.36. The zero-order chi connectivity index (χ0) is 16.7. The molecule has 1 aromatic rings. The summed E-state index contributed by atoms with van der Waals surface area (Å²) in [6.45, 7) is 6.30. The summed E-state index contributed by atoms with van der Waals surface area (Å²) in [5.41, 5.74) is -0.221. The van der Waals surface area contributed by atoms with Crippen molar-refractivity contribution in [3.8, 4) is 0 Å². The number of aromatic nitrogens is 2. The Morgan fingerprint density at radius 1 is 1.41 bits per heavy atom. The van der Waals surface area contributed by atoms with Crippen LogP contribution in [0, 0.1) is 0 Å². The molecular weight excluding hydrogens is 315 g/mol. The molecule has 126 valence electrons. The van der Waals surface area contributed by atoms with E-state index in [1.807, 2.05) is 25.1 Å². The van der Waals surface area contributed by atoms with Crippen molar-refractivity contribution in [2.24, 2.45) is 0 Å². The molecule has 0 amide bonds. The standard InChI is InChI=1S/C14H22F3N3OS/c1-9(2)12-8-13(14(15,16)17)18-20(12)11-5-6-19(22(4)21)10(3)7-11/h8-11H,5-7H2,1-4H3. The normalized spacial score (nSPS) is 25.6. The summed E-state index contributed by atoms with van der Waals surface area (Å²) in [6, 6.07) is 1.13. The Labute approximate surface area is 131 Å². The molecule has 22 heavy (non-hydrogen) atoms. The van der Waals surface area contributed by atoms with E-state index < -0.39 is 22.9 Å². The van der Waals surface area contributed by atoms with Gasteiger partial charge in [-0.15, -0.1) is 0 Å². The maximum absolute atomic E-state index is 12.9. The summed E-state index contributed by atoms with van der Waals surface area (Å²) in [5, 5.41) is 3.83. The van der Waals surface area contributed by atoms with Gasteiger partial charge in [-0.3, -0.25) is 4.68 Å². The van der Waals surface area contributed by atoms with E-state index in [1.165, 1.54) is 0 Å². The van der Waals surface area contributed by atoms with Gasteiger partial charge in [-0.25, -0.2) is 8.51 Å². The SMILES string of the molecule is CC(C)c1cc(C(F)(F)F)nn1C1CCN(S(C)=O)C(C)C1. The summed E-state index contributed by atoms with van der Waals surface area (Å²) >= 11 is 0. The van der Waals surface area contributed by atoms with Gasteiger partial charge in [-0.1, -0.05) is 13.8 Å². The predicted molar refractivity (Wildman–Crippen MR) is 79.8 cm³/mol. The van der Waals surface area contributed by atoms with Gasteiger partial charge < -0.3 is 0 Å². The highest BCUT2D eigenvalue weighted by Gasteiger charge is 2.37. The van der Waals surface area contributed by atoms with E-state index in [9.17, 15) is 17.4 Å². The van der Waals surface area contributed by atoms with Crippen molar-refractivity contribution in [3.63, 3.8) is 0 Å². The zero-order valence-electron chi connectivity index (χ0n) is 13.2. The van der Waals surface area contributed by atoms with Crippen molar-refractivity contribution in [2.75, 3.05) is 12.8 Å². The average molecular weight is 337 g/mol. The van der Waals surface area contributed by atoms with Crippen molar-refractivity contribution in [1.29, 1.82) is 0 Å². The molecule has 3 atom stereocenters. The second kappa shape index (κ2) is 6.31. The molecule has 1 aliphatic heterocycles. The molecule has 3 unspecified atom stereocenters. The smallest absolute Gasteiger partial charge is 0.266 e. The van der Waals surface area contributed by atoms with E-state index in [0.29, 0.717) is 25.1 Å². The molecule has 0 bridgehead atoms. The molecule has 2 rings (SSSR count). The number of alkyl halides is 3. The van der Waals surface area contributed by atoms with Crippen LogP contribution in [0.15, 0.2) is 6.07 Å². The first kappa shape index (κ1) is 17.5. The predicted octanol–water partition coefficient (Wildman–Crippen LogP) is 3.34. The zero-order valence-corrected chi connectivity index (χ0v) is 14.0. The van der Waals surface area contributed by atoms with Gasteiger partial charge in [0.15, 0.2) is 5.69 Å². The fourth-order valence-corrected chi connectivity index (χ4v) is 3.96. The molecule has 1 aliphatic rings. The lowest BCUT2D eigenvalue weighted by atomic mass is 9.99. The van der Waals surface area contributed by atoms with Gasteiger partial charge in [0.1, 0.15) is 0 Å². The average Bonchev–Trinajstić information content (AvgIpc) is 2.82. The first-order valence-corrected chi connectivity index (χ1v) is 8.89. The summed E-state index contributed by atoms with van der Waals surface area (Å²) in [5.74, 6) is -0.0303. The van der Waals surface area contributed by atoms with Crippen LogP contribution in [0.2, 0.25) is 0 Å². The summed E-state index contributed by atoms with van der Waals surface area (Å²) in [4.78, 5) is 0. The molecule has 0 spiro atoms. The number of nitrogens with zero attached hydrogens (tertiary/aromatic N) is 3. The van der Waals surface area contributed by atoms with Gasteiger partial charge in [-0.05, 0) is 31.7 Å². The highest BCUT2D eigenvalue weighted by molar-refractivity contribution is 7.81. The number of halogens is 3. The number of hydrogen-bond donors (Lipinski definition) is 0. The Morgan fingerprint density at radius 2 is 2.05 bits per heavy atom. The van der Waals surface area contributed by atoms with Gasteiger partial charge in [-0.2, -0.15) is 18.3 Å². The third-order valence-corrected chi connectivity index (χ3v) is 5.31. The van der Waals surface area contributed by atoms with Crippen molar-refractivity contribution < 1.29 is 17.4 Å². The van der Waals surface area contributed by atoms with Crippen LogP contribution in [0.4, 0.5) is 13.2 Å². The molecule has 1 saturated heterocycles. The maximum atomic E-state index is 12.9. The van der Waals surface area contributed by atoms with E-state index in [1.54, 1.807) is 10.9 Å². The first-order valence-electron chi connectivity index (χ1n) is 7.38. The Balaban J connectivity index is 2.29. The summed E-state index contributed by atoms with van der Waals surface area (Å²) in [7, 11) is -1.05. The molecule has 0 radical (unpaired) electrons. The number of rotatable bonds is 3. The van der Waals surface area contributed by atoms with Gasteiger partial charge in [0.25, 0.3) is 0 Å². The van der Waals surface area contributed by atoms with Crippen LogP contribution in [-0.4, -0.2) is 37.1 Å². The second-order valence-electron chi connectivity index (χ2n) is 6.14. The van der Waals surface area contributed by atoms with Crippen LogP contribution in [0.5, 0.6) is 0 Å². The van der Waals surface area contributed by atoms with Gasteiger partial charge in [0.05, 0.1) is 17.0 Å². The monoisotopic (exact) mass is 337 g/mol. The molecule has 0 aromatic carbocycles. The van der Waals surface area contributed by atoms with Crippen molar-refractivity contribution in [3.05, 3.63) is 17.5 Å². The second-order valence-corrected chi connectivity index (χ2v) is 7.46. The van der Waals surface area contributed by atoms with Gasteiger partial charge in [0, 0.05) is 24.5 Å². The van der Waals surface area contributed by atoms with Crippen molar-refractivity contribution in [2.45, 2.75) is 57.8 Å². The molecule has 2 heterocycles. The highest BCUT2D eigenvalue weighted by atomic mass is 32.2. The van der Waals surface area contributed by atoms with E-state index in [4.69, 9.17) is 0 Å². The first-order chi connectivity index (χ1) is 10.1. The third kappa shape index (κ3) is 3.53. The molecule has 4 nitrogen and oxygen atoms in total. The summed E-state index contributed by atoms with van der Waals surface area (Å²) in [6.07, 6.45) is -1.49. The fourth-order valence-electron chi connectivity index (χ4n) is 3.00. The lowest BCUT2D eigenvalue weighted by Crippen LogP contribution is -2.42. The van der Waals surface area contributed by atoms with Crippen LogP contribution >= 0.6 is 0 Å². The molecular formula is C14H22F3N3OS. The number of piperidine rings is 1. The van der Waals surface area contributed by atoms with Crippen LogP contribution in [0.25, 0.3) is 0 Å². The van der Waals surface area contributed by atoms with Crippen molar-refractivity contribution >= 4 is 11.0 Å². The largest absolute Gasteiger partial charge is 0.435 e. The molecule has 0 saturated carbocycles. The Morgan fingerprint density at radius 3 is 2.50 bits per heavy atom. The van der Waals surface area contributed by atoms with Crippen molar-refractivity contribution in [1.82, 2.24) is 14.1 Å². The molecule has 0 N–H and O–H groups in total. The van der Waals surface area contributed by atoms with E-state index >= 15 is 0 Å². The third-order valence-electron chi connectivity index (χ3n) is 4.11. The Bertz CT molecular complexity index is 556. The van der Waals surface area contributed by atoms with Crippen LogP contribution in [-0.2, 0) is 17.2 Å². The van der Waals surface area contributed by atoms with Crippen LogP contribution in [0.3, 0.4) is 0 Å². The van der Waals surface area contributed by atoms with Crippen LogP contribution < -0.4 is 0 Å². The van der Waals surface area contributed by atoms with E-state index in [-0.39, 0.29) is 18.0 Å². The summed E-state index contributed by atoms with van der Waals surface area (Å²) < 4.78 is 53.8. The highest BCUT2D eigenvalue weighted by Crippen LogP contribution is 2.35. The van der Waals surface area contributed by atoms with Crippen LogP contribution in [0.1, 0.15) is 57.0 Å². The Hall–Kier alpha value is -0.890. The topological polar surface area (TPSA) is 38.1 Å². The fraction of sp³-hybridized carbons (Fsp3) is 0.786. The molecule has 1 aromatic heterocycles. The quantitative estimate of drug-likeness (QED) is 0.848. The Kier molecular flexibility index (Phi) is 5.01. The minimum absolute atomic E-state index is 0.0303. The minimum atomic E-state index is -4.42. The number of hydrogen-bond acceptors (Lipinski definition) is 2. The van der Waals surface area contributed by atoms with Gasteiger partial charge in [0.2, 0.25) is 0 Å². The maximum Gasteiger partial charge on any atom is 0.435 e. The lowest BCUT2D eigenvalue weighted by molar-refractivity contribution is -0.141.